The molecule has 1 aromatic rings. The van der Waals surface area contributed by atoms with Gasteiger partial charge in [0.15, 0.2) is 0 Å². The van der Waals surface area contributed by atoms with E-state index in [-0.39, 0.29) is 17.5 Å². The summed E-state index contributed by atoms with van der Waals surface area (Å²) < 4.78 is 10.8. The van der Waals surface area contributed by atoms with Gasteiger partial charge in [-0.2, -0.15) is 0 Å². The number of nitrogens with one attached hydrogen (secondary N) is 1. The van der Waals surface area contributed by atoms with Crippen LogP contribution in [0.15, 0.2) is 18.5 Å². The van der Waals surface area contributed by atoms with Crippen molar-refractivity contribution in [2.24, 2.45) is 11.3 Å². The topological polar surface area (TPSA) is 63.7 Å². The van der Waals surface area contributed by atoms with Gasteiger partial charge in [0.25, 0.3) is 0 Å². The third-order valence-corrected chi connectivity index (χ3v) is 5.54. The highest BCUT2D eigenvalue weighted by Gasteiger charge is 2.52. The van der Waals surface area contributed by atoms with Crippen molar-refractivity contribution in [3.63, 3.8) is 0 Å². The van der Waals surface area contributed by atoms with Crippen molar-refractivity contribution in [1.82, 2.24) is 15.2 Å². The van der Waals surface area contributed by atoms with Gasteiger partial charge >= 0.3 is 6.03 Å². The first-order valence-electron chi connectivity index (χ1n) is 8.62. The Kier molecular flexibility index (Phi) is 4.94. The number of urea groups is 1. The Hall–Kier alpha value is -1.82. The van der Waals surface area contributed by atoms with Gasteiger partial charge in [-0.1, -0.05) is 6.42 Å². The van der Waals surface area contributed by atoms with Gasteiger partial charge in [-0.15, -0.1) is 0 Å². The SMILES string of the molecule is COCC1(C2CCC2)CN(C(=O)N[C@@H](C)c2ccncc2OC)C1. The van der Waals surface area contributed by atoms with Crippen LogP contribution in [0.2, 0.25) is 0 Å². The summed E-state index contributed by atoms with van der Waals surface area (Å²) in [5.74, 6) is 1.40. The molecule has 0 radical (unpaired) electrons. The third kappa shape index (κ3) is 3.07. The number of methoxy groups -OCH3 is 2. The number of likely N-dealkylation sites (tertiary alicyclic amines) is 1. The zero-order chi connectivity index (χ0) is 17.2. The molecule has 2 heterocycles. The monoisotopic (exact) mass is 333 g/mol. The van der Waals surface area contributed by atoms with Crippen LogP contribution in [0.1, 0.15) is 37.8 Å². The van der Waals surface area contributed by atoms with E-state index in [1.165, 1.54) is 19.3 Å². The molecule has 1 aliphatic heterocycles. The number of hydrogen-bond acceptors (Lipinski definition) is 4. The fourth-order valence-electron chi connectivity index (χ4n) is 3.91. The summed E-state index contributed by atoms with van der Waals surface area (Å²) >= 11 is 0. The maximum Gasteiger partial charge on any atom is 0.317 e. The predicted octanol–water partition coefficient (Wildman–Crippen LogP) is 2.61. The van der Waals surface area contributed by atoms with Crippen LogP contribution in [-0.4, -0.2) is 49.8 Å². The molecule has 2 amide bonds. The Morgan fingerprint density at radius 2 is 2.21 bits per heavy atom. The number of ether oxygens (including phenoxy) is 2. The van der Waals surface area contributed by atoms with Crippen LogP contribution in [0.3, 0.4) is 0 Å². The second kappa shape index (κ2) is 6.97. The molecule has 3 rings (SSSR count). The van der Waals surface area contributed by atoms with E-state index in [1.807, 2.05) is 17.9 Å². The molecular formula is C18H27N3O3. The molecule has 1 atom stereocenters. The molecule has 6 heteroatoms. The normalized spacial score (nSPS) is 20.7. The first kappa shape index (κ1) is 17.0. The average Bonchev–Trinajstić information content (AvgIpc) is 2.50. The molecule has 0 aromatic carbocycles. The van der Waals surface area contributed by atoms with Gasteiger partial charge in [0, 0.05) is 37.4 Å². The van der Waals surface area contributed by atoms with E-state index in [4.69, 9.17) is 9.47 Å². The number of carbonyl (C=O) groups excluding carboxylic acids is 1. The lowest BCUT2D eigenvalue weighted by Gasteiger charge is -2.56. The highest BCUT2D eigenvalue weighted by atomic mass is 16.5. The zero-order valence-corrected chi connectivity index (χ0v) is 14.7. The minimum Gasteiger partial charge on any atom is -0.495 e. The first-order chi connectivity index (χ1) is 11.6. The van der Waals surface area contributed by atoms with Crippen molar-refractivity contribution < 1.29 is 14.3 Å². The minimum atomic E-state index is -0.128. The number of carbonyl (C=O) groups is 1. The van der Waals surface area contributed by atoms with Crippen LogP contribution < -0.4 is 10.1 Å². The van der Waals surface area contributed by atoms with E-state index in [9.17, 15) is 4.79 Å². The summed E-state index contributed by atoms with van der Waals surface area (Å²) in [5.41, 5.74) is 1.10. The molecule has 24 heavy (non-hydrogen) atoms. The summed E-state index contributed by atoms with van der Waals surface area (Å²) in [7, 11) is 3.36. The number of aromatic nitrogens is 1. The van der Waals surface area contributed by atoms with E-state index in [1.54, 1.807) is 26.6 Å². The third-order valence-electron chi connectivity index (χ3n) is 5.54. The molecule has 0 spiro atoms. The largest absolute Gasteiger partial charge is 0.495 e. The molecular weight excluding hydrogens is 306 g/mol. The smallest absolute Gasteiger partial charge is 0.317 e. The molecule has 6 nitrogen and oxygen atoms in total. The zero-order valence-electron chi connectivity index (χ0n) is 14.7. The Labute approximate surface area is 143 Å². The van der Waals surface area contributed by atoms with Crippen LogP contribution in [0.4, 0.5) is 4.79 Å². The minimum absolute atomic E-state index is 0.0209. The van der Waals surface area contributed by atoms with Crippen LogP contribution in [-0.2, 0) is 4.74 Å². The van der Waals surface area contributed by atoms with Gasteiger partial charge in [-0.25, -0.2) is 4.79 Å². The van der Waals surface area contributed by atoms with E-state index >= 15 is 0 Å². The number of rotatable bonds is 6. The van der Waals surface area contributed by atoms with Crippen LogP contribution in [0.25, 0.3) is 0 Å². The molecule has 1 N–H and O–H groups in total. The summed E-state index contributed by atoms with van der Waals surface area (Å²) in [6.45, 7) is 4.29. The second-order valence-corrected chi connectivity index (χ2v) is 7.07. The summed E-state index contributed by atoms with van der Waals surface area (Å²) in [6, 6.07) is 1.73. The predicted molar refractivity (Wildman–Crippen MR) is 91.0 cm³/mol. The Balaban J connectivity index is 1.58. The number of nitrogens with zero attached hydrogens (tertiary/aromatic N) is 2. The van der Waals surface area contributed by atoms with E-state index in [2.05, 4.69) is 10.3 Å². The van der Waals surface area contributed by atoms with E-state index in [0.29, 0.717) is 11.7 Å². The van der Waals surface area contributed by atoms with Crippen LogP contribution in [0.5, 0.6) is 5.75 Å². The van der Waals surface area contributed by atoms with Crippen molar-refractivity contribution in [3.05, 3.63) is 24.0 Å². The fraction of sp³-hybridized carbons (Fsp3) is 0.667. The van der Waals surface area contributed by atoms with Crippen molar-refractivity contribution in [2.75, 3.05) is 33.9 Å². The van der Waals surface area contributed by atoms with Gasteiger partial charge in [0.1, 0.15) is 5.75 Å². The highest BCUT2D eigenvalue weighted by Crippen LogP contribution is 2.48. The molecule has 132 valence electrons. The van der Waals surface area contributed by atoms with Gasteiger partial charge in [0.2, 0.25) is 0 Å². The molecule has 2 aliphatic rings. The highest BCUT2D eigenvalue weighted by molar-refractivity contribution is 5.76. The Morgan fingerprint density at radius 1 is 1.46 bits per heavy atom. The lowest BCUT2D eigenvalue weighted by molar-refractivity contribution is -0.0941. The van der Waals surface area contributed by atoms with E-state index in [0.717, 1.165) is 25.3 Å². The molecule has 1 aliphatic carbocycles. The molecule has 1 aromatic heterocycles. The van der Waals surface area contributed by atoms with Crippen molar-refractivity contribution in [3.8, 4) is 5.75 Å². The number of hydrogen-bond donors (Lipinski definition) is 1. The fourth-order valence-corrected chi connectivity index (χ4v) is 3.91. The summed E-state index contributed by atoms with van der Waals surface area (Å²) in [4.78, 5) is 18.5. The van der Waals surface area contributed by atoms with Crippen molar-refractivity contribution in [2.45, 2.75) is 32.2 Å². The first-order valence-corrected chi connectivity index (χ1v) is 8.62. The number of amides is 2. The quantitative estimate of drug-likeness (QED) is 0.869. The molecule has 2 fully saturated rings. The Bertz CT molecular complexity index is 583. The van der Waals surface area contributed by atoms with Crippen LogP contribution >= 0.6 is 0 Å². The summed E-state index contributed by atoms with van der Waals surface area (Å²) in [5, 5.41) is 3.07. The standard InChI is InChI=1S/C18H27N3O3/c1-13(15-7-8-19-9-16(15)24-3)20-17(22)21-10-18(11-21,12-23-2)14-5-4-6-14/h7-9,13-14H,4-6,10-12H2,1-3H3,(H,20,22)/t13-/m0/s1. The van der Waals surface area contributed by atoms with Gasteiger partial charge in [0.05, 0.1) is 26.0 Å². The van der Waals surface area contributed by atoms with Crippen molar-refractivity contribution in [1.29, 1.82) is 0 Å². The molecule has 1 saturated heterocycles. The molecule has 1 saturated carbocycles. The molecule has 0 unspecified atom stereocenters. The van der Waals surface area contributed by atoms with E-state index < -0.39 is 0 Å². The van der Waals surface area contributed by atoms with Gasteiger partial charge < -0.3 is 19.7 Å². The Morgan fingerprint density at radius 3 is 2.79 bits per heavy atom. The summed E-state index contributed by atoms with van der Waals surface area (Å²) in [6.07, 6.45) is 7.22. The molecule has 0 bridgehead atoms. The van der Waals surface area contributed by atoms with Gasteiger partial charge in [-0.3, -0.25) is 4.98 Å². The maximum atomic E-state index is 12.5. The second-order valence-electron chi connectivity index (χ2n) is 7.07. The number of pyridine rings is 1. The lowest BCUT2D eigenvalue weighted by Crippen LogP contribution is -2.66. The average molecular weight is 333 g/mol. The maximum absolute atomic E-state index is 12.5. The van der Waals surface area contributed by atoms with Crippen molar-refractivity contribution >= 4 is 6.03 Å². The van der Waals surface area contributed by atoms with Gasteiger partial charge in [-0.05, 0) is 31.7 Å². The van der Waals surface area contributed by atoms with Crippen LogP contribution in [0, 0.1) is 11.3 Å². The lowest BCUT2D eigenvalue weighted by atomic mass is 9.61.